The average molecular weight is 446 g/mol. The van der Waals surface area contributed by atoms with Gasteiger partial charge in [-0.1, -0.05) is 60.3 Å². The third-order valence-electron chi connectivity index (χ3n) is 4.85. The molecule has 3 aromatic rings. The summed E-state index contributed by atoms with van der Waals surface area (Å²) in [5.41, 5.74) is 1.32. The van der Waals surface area contributed by atoms with Crippen molar-refractivity contribution in [2.24, 2.45) is 0 Å². The molecule has 0 saturated heterocycles. The van der Waals surface area contributed by atoms with Crippen LogP contribution in [0.3, 0.4) is 0 Å². The van der Waals surface area contributed by atoms with Gasteiger partial charge in [0.15, 0.2) is 0 Å². The summed E-state index contributed by atoms with van der Waals surface area (Å²) in [5, 5.41) is 0. The topological polar surface area (TPSA) is 55.8 Å². The molecule has 0 aliphatic carbocycles. The first-order valence-electron chi connectivity index (χ1n) is 10.3. The number of rotatable bonds is 7. The van der Waals surface area contributed by atoms with Crippen LogP contribution in [0.25, 0.3) is 5.57 Å². The van der Waals surface area contributed by atoms with Crippen LogP contribution in [-0.2, 0) is 9.59 Å². The number of carbonyl (C=O) groups excluding carboxylic acids is 2. The Hall–Kier alpha value is -3.51. The molecule has 3 aromatic carbocycles. The molecular formula is C26H23NO4S. The number of methoxy groups -OCH3 is 1. The maximum atomic E-state index is 13.7. The van der Waals surface area contributed by atoms with Crippen LogP contribution < -0.4 is 14.4 Å². The zero-order valence-corrected chi connectivity index (χ0v) is 18.9. The van der Waals surface area contributed by atoms with Crippen LogP contribution in [0.4, 0.5) is 5.69 Å². The standard InChI is InChI=1S/C26H23NO4S/c1-17(2)31-22-16-10-8-14-20(22)27-25(28)23(19-13-7-9-15-21(19)30-3)24(26(27)29)32-18-11-5-4-6-12-18/h4-17H,1-3H3. The highest BCUT2D eigenvalue weighted by Gasteiger charge is 2.42. The Labute approximate surface area is 191 Å². The molecule has 32 heavy (non-hydrogen) atoms. The molecule has 0 radical (unpaired) electrons. The van der Waals surface area contributed by atoms with E-state index in [9.17, 15) is 9.59 Å². The average Bonchev–Trinajstić information content (AvgIpc) is 3.03. The van der Waals surface area contributed by atoms with Crippen molar-refractivity contribution in [2.45, 2.75) is 24.8 Å². The minimum absolute atomic E-state index is 0.108. The Balaban J connectivity index is 1.86. The summed E-state index contributed by atoms with van der Waals surface area (Å²) in [7, 11) is 1.55. The van der Waals surface area contributed by atoms with E-state index >= 15 is 0 Å². The molecule has 162 valence electrons. The van der Waals surface area contributed by atoms with Crippen LogP contribution in [0.2, 0.25) is 0 Å². The van der Waals surface area contributed by atoms with E-state index in [1.807, 2.05) is 62.4 Å². The van der Waals surface area contributed by atoms with Crippen molar-refractivity contribution in [1.29, 1.82) is 0 Å². The van der Waals surface area contributed by atoms with Crippen LogP contribution in [-0.4, -0.2) is 25.0 Å². The number of benzene rings is 3. The molecule has 0 N–H and O–H groups in total. The SMILES string of the molecule is COc1ccccc1C1=C(Sc2ccccc2)C(=O)N(c2ccccc2OC(C)C)C1=O. The summed E-state index contributed by atoms with van der Waals surface area (Å²) in [5.74, 6) is 0.222. The van der Waals surface area contributed by atoms with Gasteiger partial charge in [0.05, 0.1) is 29.4 Å². The molecule has 2 amide bonds. The van der Waals surface area contributed by atoms with Crippen molar-refractivity contribution in [2.75, 3.05) is 12.0 Å². The lowest BCUT2D eigenvalue weighted by atomic mass is 10.0. The normalized spacial score (nSPS) is 13.8. The van der Waals surface area contributed by atoms with Gasteiger partial charge in [-0.05, 0) is 44.2 Å². The van der Waals surface area contributed by atoms with Gasteiger partial charge in [0, 0.05) is 10.5 Å². The van der Waals surface area contributed by atoms with Gasteiger partial charge >= 0.3 is 0 Å². The summed E-state index contributed by atoms with van der Waals surface area (Å²) < 4.78 is 11.4. The largest absolute Gasteiger partial charge is 0.496 e. The molecule has 0 saturated carbocycles. The first kappa shape index (κ1) is 21.7. The molecule has 0 unspecified atom stereocenters. The Morgan fingerprint density at radius 2 is 1.41 bits per heavy atom. The number of carbonyl (C=O) groups is 2. The van der Waals surface area contributed by atoms with Gasteiger partial charge in [0.2, 0.25) is 0 Å². The number of para-hydroxylation sites is 3. The molecule has 0 fully saturated rings. The summed E-state index contributed by atoms with van der Waals surface area (Å²) in [4.78, 5) is 29.8. The quantitative estimate of drug-likeness (QED) is 0.446. The number of anilines is 1. The Kier molecular flexibility index (Phi) is 6.32. The van der Waals surface area contributed by atoms with E-state index in [0.717, 1.165) is 4.90 Å². The van der Waals surface area contributed by atoms with E-state index in [-0.39, 0.29) is 12.0 Å². The third kappa shape index (κ3) is 4.14. The van der Waals surface area contributed by atoms with E-state index in [1.54, 1.807) is 37.4 Å². The minimum atomic E-state index is -0.405. The summed E-state index contributed by atoms with van der Waals surface area (Å²) in [6.07, 6.45) is -0.108. The third-order valence-corrected chi connectivity index (χ3v) is 5.94. The second kappa shape index (κ2) is 9.32. The predicted octanol–water partition coefficient (Wildman–Crippen LogP) is 5.56. The van der Waals surface area contributed by atoms with Crippen LogP contribution in [0.1, 0.15) is 19.4 Å². The first-order chi connectivity index (χ1) is 15.5. The van der Waals surface area contributed by atoms with Crippen LogP contribution >= 0.6 is 11.8 Å². The number of amides is 2. The Morgan fingerprint density at radius 1 is 0.781 bits per heavy atom. The van der Waals surface area contributed by atoms with Crippen molar-refractivity contribution in [1.82, 2.24) is 0 Å². The van der Waals surface area contributed by atoms with Crippen LogP contribution in [0.5, 0.6) is 11.5 Å². The maximum absolute atomic E-state index is 13.7. The second-order valence-electron chi connectivity index (χ2n) is 7.40. The van der Waals surface area contributed by atoms with Crippen molar-refractivity contribution >= 4 is 34.8 Å². The summed E-state index contributed by atoms with van der Waals surface area (Å²) in [6.45, 7) is 3.80. The molecule has 1 aliphatic rings. The van der Waals surface area contributed by atoms with E-state index in [0.29, 0.717) is 33.2 Å². The number of hydrogen-bond acceptors (Lipinski definition) is 5. The Morgan fingerprint density at radius 3 is 2.09 bits per heavy atom. The molecule has 0 atom stereocenters. The first-order valence-corrected chi connectivity index (χ1v) is 11.1. The van der Waals surface area contributed by atoms with Crippen molar-refractivity contribution in [3.05, 3.63) is 89.3 Å². The summed E-state index contributed by atoms with van der Waals surface area (Å²) in [6, 6.07) is 23.9. The van der Waals surface area contributed by atoms with Crippen molar-refractivity contribution in [3.63, 3.8) is 0 Å². The lowest BCUT2D eigenvalue weighted by molar-refractivity contribution is -0.119. The monoisotopic (exact) mass is 445 g/mol. The van der Waals surface area contributed by atoms with Gasteiger partial charge < -0.3 is 9.47 Å². The second-order valence-corrected chi connectivity index (χ2v) is 8.48. The molecule has 0 spiro atoms. The molecule has 5 nitrogen and oxygen atoms in total. The van der Waals surface area contributed by atoms with E-state index in [2.05, 4.69) is 0 Å². The maximum Gasteiger partial charge on any atom is 0.273 e. The Bertz CT molecular complexity index is 1190. The molecule has 6 heteroatoms. The molecule has 0 aromatic heterocycles. The number of ether oxygens (including phenoxy) is 2. The molecule has 0 bridgehead atoms. The molecule has 4 rings (SSSR count). The fourth-order valence-electron chi connectivity index (χ4n) is 3.51. The van der Waals surface area contributed by atoms with Gasteiger partial charge in [-0.3, -0.25) is 9.59 Å². The van der Waals surface area contributed by atoms with Gasteiger partial charge in [-0.25, -0.2) is 4.90 Å². The lowest BCUT2D eigenvalue weighted by Gasteiger charge is -2.20. The zero-order chi connectivity index (χ0) is 22.7. The fourth-order valence-corrected chi connectivity index (χ4v) is 4.52. The van der Waals surface area contributed by atoms with Crippen LogP contribution in [0, 0.1) is 0 Å². The predicted molar refractivity (Wildman–Crippen MR) is 127 cm³/mol. The van der Waals surface area contributed by atoms with Gasteiger partial charge in [0.1, 0.15) is 11.5 Å². The number of nitrogens with zero attached hydrogens (tertiary/aromatic N) is 1. The van der Waals surface area contributed by atoms with Gasteiger partial charge in [-0.15, -0.1) is 0 Å². The van der Waals surface area contributed by atoms with Crippen molar-refractivity contribution < 1.29 is 19.1 Å². The number of imide groups is 1. The molecule has 1 aliphatic heterocycles. The van der Waals surface area contributed by atoms with E-state index in [4.69, 9.17) is 9.47 Å². The highest BCUT2D eigenvalue weighted by atomic mass is 32.2. The van der Waals surface area contributed by atoms with E-state index < -0.39 is 5.91 Å². The van der Waals surface area contributed by atoms with Crippen molar-refractivity contribution in [3.8, 4) is 11.5 Å². The van der Waals surface area contributed by atoms with Gasteiger partial charge in [0.25, 0.3) is 11.8 Å². The van der Waals surface area contributed by atoms with Gasteiger partial charge in [-0.2, -0.15) is 0 Å². The highest BCUT2D eigenvalue weighted by molar-refractivity contribution is 8.04. The summed E-state index contributed by atoms with van der Waals surface area (Å²) >= 11 is 1.27. The fraction of sp³-hybridized carbons (Fsp3) is 0.154. The highest BCUT2D eigenvalue weighted by Crippen LogP contribution is 2.45. The smallest absolute Gasteiger partial charge is 0.273 e. The van der Waals surface area contributed by atoms with E-state index in [1.165, 1.54) is 16.7 Å². The lowest BCUT2D eigenvalue weighted by Crippen LogP contribution is -2.32. The van der Waals surface area contributed by atoms with Crippen LogP contribution in [0.15, 0.2) is 88.7 Å². The minimum Gasteiger partial charge on any atom is -0.496 e. The molecule has 1 heterocycles. The molecular weight excluding hydrogens is 422 g/mol. The number of hydrogen-bond donors (Lipinski definition) is 0. The zero-order valence-electron chi connectivity index (χ0n) is 18.1. The number of thioether (sulfide) groups is 1.